The lowest BCUT2D eigenvalue weighted by molar-refractivity contribution is 0.0904. The monoisotopic (exact) mass is 301 g/mol. The first-order chi connectivity index (χ1) is 10.5. The molecule has 0 aromatic carbocycles. The van der Waals surface area contributed by atoms with E-state index in [2.05, 4.69) is 29.0 Å². The number of nitrogens with one attached hydrogen (secondary N) is 1. The molecule has 22 heavy (non-hydrogen) atoms. The maximum Gasteiger partial charge on any atom is 0.270 e. The number of fused-ring (bicyclic) bond motifs is 3. The molecular formula is C17H23N3O2. The van der Waals surface area contributed by atoms with Gasteiger partial charge in [0.25, 0.3) is 5.91 Å². The minimum absolute atomic E-state index is 0.0526. The molecule has 3 atom stereocenters. The molecule has 4 rings (SSSR count). The predicted molar refractivity (Wildman–Crippen MR) is 83.2 cm³/mol. The molecule has 1 aromatic rings. The lowest BCUT2D eigenvalue weighted by Crippen LogP contribution is -2.47. The first kappa shape index (κ1) is 14.0. The summed E-state index contributed by atoms with van der Waals surface area (Å²) in [6, 6.07) is 2.16. The highest BCUT2D eigenvalue weighted by atomic mass is 16.5. The number of hydrogen-bond acceptors (Lipinski definition) is 4. The topological polar surface area (TPSA) is 54.5 Å². The van der Waals surface area contributed by atoms with Crippen LogP contribution < -0.4 is 10.1 Å². The van der Waals surface area contributed by atoms with Gasteiger partial charge in [0.05, 0.1) is 12.8 Å². The minimum Gasteiger partial charge on any atom is -0.491 e. The lowest BCUT2D eigenvalue weighted by Gasteiger charge is -2.30. The second kappa shape index (κ2) is 4.95. The van der Waals surface area contributed by atoms with Crippen LogP contribution >= 0.6 is 0 Å². The van der Waals surface area contributed by atoms with Crippen LogP contribution in [0.5, 0.6) is 5.75 Å². The zero-order valence-corrected chi connectivity index (χ0v) is 13.3. The molecule has 0 aliphatic carbocycles. The van der Waals surface area contributed by atoms with Crippen LogP contribution in [0.15, 0.2) is 12.3 Å². The summed E-state index contributed by atoms with van der Waals surface area (Å²) in [5, 5.41) is 3.17. The van der Waals surface area contributed by atoms with Gasteiger partial charge in [-0.15, -0.1) is 0 Å². The van der Waals surface area contributed by atoms with Crippen molar-refractivity contribution in [2.45, 2.75) is 38.1 Å². The molecular weight excluding hydrogens is 278 g/mol. The van der Waals surface area contributed by atoms with E-state index in [1.54, 1.807) is 6.20 Å². The summed E-state index contributed by atoms with van der Waals surface area (Å²) in [6.07, 6.45) is 4.06. The fraction of sp³-hybridized carbons (Fsp3) is 0.647. The largest absolute Gasteiger partial charge is 0.491 e. The fourth-order valence-corrected chi connectivity index (χ4v) is 3.97. The number of rotatable bonds is 2. The molecule has 1 N–H and O–H groups in total. The first-order valence-electron chi connectivity index (χ1n) is 8.18. The molecule has 2 bridgehead atoms. The van der Waals surface area contributed by atoms with Crippen LogP contribution in [0.4, 0.5) is 0 Å². The van der Waals surface area contributed by atoms with E-state index in [9.17, 15) is 4.79 Å². The van der Waals surface area contributed by atoms with E-state index < -0.39 is 0 Å². The van der Waals surface area contributed by atoms with Gasteiger partial charge in [0.1, 0.15) is 11.4 Å². The van der Waals surface area contributed by atoms with Crippen LogP contribution in [0.25, 0.3) is 0 Å². The van der Waals surface area contributed by atoms with Gasteiger partial charge in [0.2, 0.25) is 0 Å². The highest BCUT2D eigenvalue weighted by Gasteiger charge is 2.35. The number of piperidine rings is 1. The van der Waals surface area contributed by atoms with Gasteiger partial charge in [-0.05, 0) is 31.4 Å². The van der Waals surface area contributed by atoms with E-state index in [0.717, 1.165) is 30.2 Å². The molecule has 1 amide bonds. The van der Waals surface area contributed by atoms with Gasteiger partial charge < -0.3 is 15.0 Å². The zero-order valence-electron chi connectivity index (χ0n) is 13.3. The highest BCUT2D eigenvalue weighted by Crippen LogP contribution is 2.38. The third kappa shape index (κ3) is 2.37. The second-order valence-electron chi connectivity index (χ2n) is 7.56. The van der Waals surface area contributed by atoms with Crippen LogP contribution in [0.3, 0.4) is 0 Å². The second-order valence-corrected chi connectivity index (χ2v) is 7.56. The van der Waals surface area contributed by atoms with Crippen LogP contribution in [0, 0.1) is 5.92 Å². The van der Waals surface area contributed by atoms with Crippen molar-refractivity contribution in [3.63, 3.8) is 0 Å². The number of pyridine rings is 1. The first-order valence-corrected chi connectivity index (χ1v) is 8.18. The Morgan fingerprint density at radius 3 is 3.14 bits per heavy atom. The highest BCUT2D eigenvalue weighted by molar-refractivity contribution is 5.93. The molecule has 4 heterocycles. The Bertz CT molecular complexity index is 602. The summed E-state index contributed by atoms with van der Waals surface area (Å²) in [5.74, 6) is 1.50. The molecule has 5 heteroatoms. The number of aromatic nitrogens is 1. The summed E-state index contributed by atoms with van der Waals surface area (Å²) < 4.78 is 5.63. The number of carbonyl (C=O) groups is 1. The summed E-state index contributed by atoms with van der Waals surface area (Å²) in [6.45, 7) is 8.27. The summed E-state index contributed by atoms with van der Waals surface area (Å²) in [4.78, 5) is 19.3. The Morgan fingerprint density at radius 1 is 1.45 bits per heavy atom. The SMILES string of the molecule is CC1(C)COc2cnc(C(=O)NC3CC4CCN(C4)C3)cc21. The summed E-state index contributed by atoms with van der Waals surface area (Å²) in [7, 11) is 0. The van der Waals surface area contributed by atoms with E-state index in [-0.39, 0.29) is 17.4 Å². The normalized spacial score (nSPS) is 31.5. The molecule has 0 radical (unpaired) electrons. The van der Waals surface area contributed by atoms with E-state index in [4.69, 9.17) is 4.74 Å². The van der Waals surface area contributed by atoms with Gasteiger partial charge in [-0.25, -0.2) is 4.98 Å². The van der Waals surface area contributed by atoms with E-state index in [1.807, 2.05) is 6.07 Å². The van der Waals surface area contributed by atoms with Gasteiger partial charge in [-0.1, -0.05) is 13.8 Å². The molecule has 3 aliphatic rings. The van der Waals surface area contributed by atoms with E-state index in [0.29, 0.717) is 12.3 Å². The molecule has 3 aliphatic heterocycles. The lowest BCUT2D eigenvalue weighted by atomic mass is 9.87. The van der Waals surface area contributed by atoms with Gasteiger partial charge >= 0.3 is 0 Å². The molecule has 3 unspecified atom stereocenters. The van der Waals surface area contributed by atoms with Crippen molar-refractivity contribution in [2.24, 2.45) is 5.92 Å². The Kier molecular flexibility index (Phi) is 3.15. The number of carbonyl (C=O) groups excluding carboxylic acids is 1. The maximum atomic E-state index is 12.5. The molecule has 2 fully saturated rings. The van der Waals surface area contributed by atoms with Crippen LogP contribution in [0.2, 0.25) is 0 Å². The average molecular weight is 301 g/mol. The third-order valence-corrected chi connectivity index (χ3v) is 5.22. The summed E-state index contributed by atoms with van der Waals surface area (Å²) >= 11 is 0. The van der Waals surface area contributed by atoms with Crippen molar-refractivity contribution in [3.05, 3.63) is 23.5 Å². The van der Waals surface area contributed by atoms with Crippen molar-refractivity contribution in [1.82, 2.24) is 15.2 Å². The molecule has 1 aromatic heterocycles. The number of nitrogens with zero attached hydrogens (tertiary/aromatic N) is 2. The number of ether oxygens (including phenoxy) is 1. The third-order valence-electron chi connectivity index (χ3n) is 5.22. The average Bonchev–Trinajstić information content (AvgIpc) is 2.98. The van der Waals surface area contributed by atoms with Crippen LogP contribution in [0.1, 0.15) is 42.7 Å². The fourth-order valence-electron chi connectivity index (χ4n) is 3.97. The van der Waals surface area contributed by atoms with Gasteiger partial charge in [0.15, 0.2) is 0 Å². The Labute approximate surface area is 131 Å². The molecule has 5 nitrogen and oxygen atoms in total. The standard InChI is InChI=1S/C17H23N3O2/c1-17(2)10-22-15-7-18-14(6-13(15)17)16(21)19-12-5-11-3-4-20(8-11)9-12/h6-7,11-12H,3-5,8-10H2,1-2H3,(H,19,21). The van der Waals surface area contributed by atoms with Crippen molar-refractivity contribution in [1.29, 1.82) is 0 Å². The van der Waals surface area contributed by atoms with E-state index in [1.165, 1.54) is 19.5 Å². The Morgan fingerprint density at radius 2 is 2.32 bits per heavy atom. The number of hydrogen-bond donors (Lipinski definition) is 1. The summed E-state index contributed by atoms with van der Waals surface area (Å²) in [5.41, 5.74) is 1.54. The quantitative estimate of drug-likeness (QED) is 0.901. The van der Waals surface area contributed by atoms with Crippen molar-refractivity contribution in [3.8, 4) is 5.75 Å². The zero-order chi connectivity index (χ0) is 15.3. The van der Waals surface area contributed by atoms with Crippen molar-refractivity contribution in [2.75, 3.05) is 26.2 Å². The minimum atomic E-state index is -0.0574. The van der Waals surface area contributed by atoms with Crippen molar-refractivity contribution >= 4 is 5.91 Å². The van der Waals surface area contributed by atoms with E-state index >= 15 is 0 Å². The van der Waals surface area contributed by atoms with Gasteiger partial charge in [0, 0.05) is 30.1 Å². The smallest absolute Gasteiger partial charge is 0.270 e. The van der Waals surface area contributed by atoms with Crippen LogP contribution in [-0.4, -0.2) is 48.1 Å². The van der Waals surface area contributed by atoms with Crippen LogP contribution in [-0.2, 0) is 5.41 Å². The Balaban J connectivity index is 1.49. The van der Waals surface area contributed by atoms with Gasteiger partial charge in [-0.3, -0.25) is 4.79 Å². The van der Waals surface area contributed by atoms with Crippen molar-refractivity contribution < 1.29 is 9.53 Å². The molecule has 2 saturated heterocycles. The molecule has 0 spiro atoms. The molecule has 0 saturated carbocycles. The predicted octanol–water partition coefficient (Wildman–Crippen LogP) is 1.58. The number of amides is 1. The van der Waals surface area contributed by atoms with Gasteiger partial charge in [-0.2, -0.15) is 0 Å². The Hall–Kier alpha value is -1.62. The maximum absolute atomic E-state index is 12.5. The molecule has 118 valence electrons.